The van der Waals surface area contributed by atoms with Gasteiger partial charge in [-0.15, -0.1) is 11.3 Å². The highest BCUT2D eigenvalue weighted by Gasteiger charge is 2.26. The smallest absolute Gasteiger partial charge is 0.325 e. The van der Waals surface area contributed by atoms with E-state index in [1.165, 1.54) is 23.1 Å². The van der Waals surface area contributed by atoms with E-state index in [0.717, 1.165) is 42.2 Å². The second kappa shape index (κ2) is 19.5. The number of nitrogens with two attached hydrogens (primary N) is 2. The van der Waals surface area contributed by atoms with Gasteiger partial charge < -0.3 is 31.2 Å². The van der Waals surface area contributed by atoms with Crippen LogP contribution in [-0.2, 0) is 20.1 Å². The van der Waals surface area contributed by atoms with Crippen LogP contribution in [0.3, 0.4) is 0 Å². The van der Waals surface area contributed by atoms with Crippen LogP contribution in [0.2, 0.25) is 5.02 Å². The van der Waals surface area contributed by atoms with Crippen LogP contribution in [0.5, 0.6) is 5.75 Å². The topological polar surface area (TPSA) is 206 Å². The van der Waals surface area contributed by atoms with Gasteiger partial charge in [0.2, 0.25) is 5.91 Å². The second-order valence-corrected chi connectivity index (χ2v) is 14.1. The molecule has 2 aromatic carbocycles. The van der Waals surface area contributed by atoms with Gasteiger partial charge in [-0.1, -0.05) is 47.6 Å². The molecule has 5 rings (SSSR count). The van der Waals surface area contributed by atoms with E-state index in [1.54, 1.807) is 24.3 Å². The number of pyridine rings is 1. The predicted octanol–water partition coefficient (Wildman–Crippen LogP) is 5.64. The first-order valence-corrected chi connectivity index (χ1v) is 19.2. The van der Waals surface area contributed by atoms with E-state index in [2.05, 4.69) is 27.3 Å². The number of nitriles is 2. The number of nitrogens with zero attached hydrogens (tertiary/aromatic N) is 6. The van der Waals surface area contributed by atoms with Crippen LogP contribution < -0.4 is 26.4 Å². The molecule has 0 unspecified atom stereocenters. The van der Waals surface area contributed by atoms with E-state index in [4.69, 9.17) is 42.5 Å². The standard InChI is InChI=1S/C37H38ClN9O4S2/c38-26-10-6-25(7-11-26)35-45-27(22-52-35)23-53-36-30(20-40)33(29(19-39)34(46-36)47-15-3-4-16-47)24-8-12-28(13-9-24)50-17-18-51-32(49)21-44-31(48)5-1-2-14-43-37(41)42/h6-13,22H,1-5,14-18,21,23H2,(H,44,48)(H4,41,42,43). The summed E-state index contributed by atoms with van der Waals surface area (Å²) in [5, 5.41) is 27.4. The molecule has 0 radical (unpaired) electrons. The summed E-state index contributed by atoms with van der Waals surface area (Å²) in [5.74, 6) is 0.737. The fourth-order valence-electron chi connectivity index (χ4n) is 5.50. The van der Waals surface area contributed by atoms with Crippen LogP contribution in [0.25, 0.3) is 21.7 Å². The van der Waals surface area contributed by atoms with E-state index in [9.17, 15) is 20.1 Å². The summed E-state index contributed by atoms with van der Waals surface area (Å²) in [6.45, 7) is 1.81. The zero-order valence-electron chi connectivity index (χ0n) is 28.8. The highest BCUT2D eigenvalue weighted by molar-refractivity contribution is 7.98. The van der Waals surface area contributed by atoms with Crippen molar-refractivity contribution in [1.82, 2.24) is 15.3 Å². The maximum atomic E-state index is 12.1. The summed E-state index contributed by atoms with van der Waals surface area (Å²) in [4.78, 5) is 39.7. The van der Waals surface area contributed by atoms with Crippen molar-refractivity contribution in [3.8, 4) is 39.6 Å². The third-order valence-electron chi connectivity index (χ3n) is 8.07. The quantitative estimate of drug-likeness (QED) is 0.0392. The van der Waals surface area contributed by atoms with Crippen molar-refractivity contribution in [1.29, 1.82) is 10.5 Å². The first kappa shape index (κ1) is 38.9. The monoisotopic (exact) mass is 771 g/mol. The van der Waals surface area contributed by atoms with Gasteiger partial charge in [0.1, 0.15) is 59.1 Å². The Bertz CT molecular complexity index is 2000. The minimum atomic E-state index is -0.581. The molecule has 1 amide bonds. The molecular formula is C37H38ClN9O4S2. The SMILES string of the molecule is N#Cc1c(SCc2csc(-c3ccc(Cl)cc3)n2)nc(N2CCCC2)c(C#N)c1-c1ccc(OCCOC(=O)CNC(=O)CCCCN=C(N)N)cc1. The number of unbranched alkanes of at least 4 members (excludes halogenated alkanes) is 1. The molecule has 5 N–H and O–H groups in total. The number of aliphatic imine (C=N–C) groups is 1. The van der Waals surface area contributed by atoms with Crippen LogP contribution in [0.1, 0.15) is 48.9 Å². The predicted molar refractivity (Wildman–Crippen MR) is 207 cm³/mol. The van der Waals surface area contributed by atoms with Gasteiger partial charge in [-0.2, -0.15) is 10.5 Å². The molecule has 0 aliphatic carbocycles. The number of carbonyl (C=O) groups is 2. The Labute approximate surface area is 321 Å². The largest absolute Gasteiger partial charge is 0.490 e. The number of aromatic nitrogens is 2. The Morgan fingerprint density at radius 3 is 2.40 bits per heavy atom. The maximum Gasteiger partial charge on any atom is 0.325 e. The lowest BCUT2D eigenvalue weighted by atomic mass is 9.96. The molecule has 3 heterocycles. The fourth-order valence-corrected chi connectivity index (χ4v) is 7.43. The number of amides is 1. The van der Waals surface area contributed by atoms with Gasteiger partial charge >= 0.3 is 5.97 Å². The number of benzene rings is 2. The number of anilines is 1. The zero-order valence-corrected chi connectivity index (χ0v) is 31.2. The molecule has 53 heavy (non-hydrogen) atoms. The molecule has 4 aromatic rings. The van der Waals surface area contributed by atoms with Crippen molar-refractivity contribution in [3.05, 3.63) is 75.8 Å². The first-order chi connectivity index (χ1) is 25.7. The molecule has 16 heteroatoms. The molecule has 274 valence electrons. The molecular weight excluding hydrogens is 734 g/mol. The van der Waals surface area contributed by atoms with Crippen LogP contribution in [0, 0.1) is 22.7 Å². The van der Waals surface area contributed by atoms with E-state index < -0.39 is 5.97 Å². The zero-order chi connectivity index (χ0) is 37.6. The average molecular weight is 772 g/mol. The van der Waals surface area contributed by atoms with Gasteiger partial charge in [-0.25, -0.2) is 9.97 Å². The van der Waals surface area contributed by atoms with Gasteiger partial charge in [-0.05, 0) is 55.5 Å². The maximum absolute atomic E-state index is 12.1. The Hall–Kier alpha value is -5.35. The summed E-state index contributed by atoms with van der Waals surface area (Å²) in [6, 6.07) is 19.3. The fraction of sp³-hybridized carbons (Fsp3) is 0.324. The third-order valence-corrected chi connectivity index (χ3v) is 10.3. The van der Waals surface area contributed by atoms with E-state index in [1.807, 2.05) is 29.6 Å². The van der Waals surface area contributed by atoms with Crippen LogP contribution >= 0.6 is 34.7 Å². The molecule has 0 saturated carbocycles. The van der Waals surface area contributed by atoms with E-state index in [-0.39, 0.29) is 38.0 Å². The van der Waals surface area contributed by atoms with Crippen molar-refractivity contribution < 1.29 is 19.1 Å². The van der Waals surface area contributed by atoms with Crippen LogP contribution in [0.4, 0.5) is 5.82 Å². The molecule has 0 atom stereocenters. The molecule has 1 saturated heterocycles. The highest BCUT2D eigenvalue weighted by atomic mass is 35.5. The molecule has 0 spiro atoms. The van der Waals surface area contributed by atoms with E-state index in [0.29, 0.717) is 69.0 Å². The minimum absolute atomic E-state index is 0.0102. The molecule has 1 aliphatic heterocycles. The molecule has 0 bridgehead atoms. The molecule has 13 nitrogen and oxygen atoms in total. The number of carbonyl (C=O) groups excluding carboxylic acids is 2. The Morgan fingerprint density at radius 2 is 1.70 bits per heavy atom. The Kier molecular flexibility index (Phi) is 14.3. The van der Waals surface area contributed by atoms with Crippen molar-refractivity contribution >= 4 is 58.4 Å². The van der Waals surface area contributed by atoms with Crippen molar-refractivity contribution in [2.24, 2.45) is 16.5 Å². The number of hydrogen-bond acceptors (Lipinski definition) is 12. The number of hydrogen-bond donors (Lipinski definition) is 3. The first-order valence-electron chi connectivity index (χ1n) is 16.9. The van der Waals surface area contributed by atoms with Crippen LogP contribution in [0.15, 0.2) is 63.9 Å². The number of nitrogens with one attached hydrogen (secondary N) is 1. The van der Waals surface area contributed by atoms with Crippen molar-refractivity contribution in [3.63, 3.8) is 0 Å². The molecule has 1 fully saturated rings. The molecule has 1 aliphatic rings. The number of thiazole rings is 1. The number of halogens is 1. The summed E-state index contributed by atoms with van der Waals surface area (Å²) in [7, 11) is 0. The summed E-state index contributed by atoms with van der Waals surface area (Å²) in [6.07, 6.45) is 3.47. The van der Waals surface area contributed by atoms with Gasteiger partial charge in [0.25, 0.3) is 0 Å². The van der Waals surface area contributed by atoms with E-state index >= 15 is 0 Å². The molecule has 2 aromatic heterocycles. The number of ether oxygens (including phenoxy) is 2. The minimum Gasteiger partial charge on any atom is -0.490 e. The van der Waals surface area contributed by atoms with Gasteiger partial charge in [0.15, 0.2) is 5.96 Å². The number of esters is 1. The van der Waals surface area contributed by atoms with Crippen LogP contribution in [-0.4, -0.2) is 67.2 Å². The van der Waals surface area contributed by atoms with Crippen molar-refractivity contribution in [2.75, 3.05) is 44.3 Å². The lowest BCUT2D eigenvalue weighted by Crippen LogP contribution is -2.31. The summed E-state index contributed by atoms with van der Waals surface area (Å²) < 4.78 is 11.0. The third kappa shape index (κ3) is 11.1. The lowest BCUT2D eigenvalue weighted by molar-refractivity contribution is -0.144. The number of thioether (sulfide) groups is 1. The van der Waals surface area contributed by atoms with Crippen molar-refractivity contribution in [2.45, 2.75) is 42.9 Å². The van der Waals surface area contributed by atoms with Gasteiger partial charge in [-0.3, -0.25) is 14.6 Å². The van der Waals surface area contributed by atoms with Gasteiger partial charge in [0, 0.05) is 53.3 Å². The van der Waals surface area contributed by atoms with Gasteiger partial charge in [0.05, 0.1) is 11.3 Å². The number of rotatable bonds is 17. The highest BCUT2D eigenvalue weighted by Crippen LogP contribution is 2.40. The number of guanidine groups is 1. The Morgan fingerprint density at radius 1 is 0.981 bits per heavy atom. The Balaban J connectivity index is 1.22. The average Bonchev–Trinajstić information content (AvgIpc) is 3.88. The summed E-state index contributed by atoms with van der Waals surface area (Å²) >= 11 is 9.01. The normalized spacial score (nSPS) is 12.1. The lowest BCUT2D eigenvalue weighted by Gasteiger charge is -2.22. The summed E-state index contributed by atoms with van der Waals surface area (Å²) in [5.41, 5.74) is 14.2. The second-order valence-electron chi connectivity index (χ2n) is 11.9.